The minimum Gasteiger partial charge on any atom is -0.427 e. The van der Waals surface area contributed by atoms with Gasteiger partial charge in [0.1, 0.15) is 5.42 Å². The Balaban J connectivity index is 1.82. The first-order chi connectivity index (χ1) is 26.0. The molecule has 4 aromatic rings. The smallest absolute Gasteiger partial charge is 0.358 e. The summed E-state index contributed by atoms with van der Waals surface area (Å²) in [5, 5.41) is 2.27. The van der Waals surface area contributed by atoms with Gasteiger partial charge in [0, 0.05) is 24.4 Å². The molecule has 2 N–H and O–H groups in total. The third kappa shape index (κ3) is 8.91. The molecule has 4 aromatic carbocycles. The number of nitrogens with zero attached hydrogens (tertiary/aromatic N) is 1. The molecule has 0 spiro atoms. The zero-order valence-electron chi connectivity index (χ0n) is 32.4. The molecule has 1 heterocycles. The molecular weight excluding hydrogens is 732 g/mol. The van der Waals surface area contributed by atoms with E-state index in [1.54, 1.807) is 32.9 Å². The molecule has 5 rings (SSSR count). The first kappa shape index (κ1) is 41.1. The number of carbonyl (C=O) groups is 5. The van der Waals surface area contributed by atoms with Crippen molar-refractivity contribution >= 4 is 66.1 Å². The monoisotopic (exact) mass is 780 g/mol. The molecule has 3 atom stereocenters. The maximum atomic E-state index is 15.1. The van der Waals surface area contributed by atoms with Crippen molar-refractivity contribution in [1.29, 1.82) is 0 Å². The van der Waals surface area contributed by atoms with Crippen molar-refractivity contribution in [1.82, 2.24) is 4.90 Å². The number of amides is 2. The SMILES string of the molecule is C[C@@H](O[Si](C)(C)C)[C@H]1C(=O)N(C(C(=O)OCOC(=O)C(C)(C)C)=P(c2ccccc2)(c2ccccc2)c2ccccc2)[C@@H]1CC(=O)c1cccc(C(N)=O)c1. The minimum atomic E-state index is -3.34. The standard InChI is InChI=1S/C43H49N2O8PSi/c1-29(53-55(5,6)7)37-35(27-36(46)30-18-17-19-31(26-30)38(44)47)45(39(37)48)40(41(49)51-28-52-42(50)43(2,3)4)54(32-20-11-8-12-21-32,33-22-13-9-14-23-33)34-24-15-10-16-25-34/h8-26,29,35,37H,27-28H2,1-7H3,(H2,44,47)/t29-,35-,37-/m1/s1. The van der Waals surface area contributed by atoms with Crippen LogP contribution in [0.5, 0.6) is 0 Å². The zero-order valence-corrected chi connectivity index (χ0v) is 34.2. The second-order valence-corrected chi connectivity index (χ2v) is 23.3. The fourth-order valence-electron chi connectivity index (χ4n) is 6.93. The highest BCUT2D eigenvalue weighted by Gasteiger charge is 2.56. The average Bonchev–Trinajstić information content (AvgIpc) is 3.14. The number of hydrogen-bond donors (Lipinski definition) is 1. The first-order valence-electron chi connectivity index (χ1n) is 18.2. The van der Waals surface area contributed by atoms with E-state index < -0.39 is 69.2 Å². The summed E-state index contributed by atoms with van der Waals surface area (Å²) in [6.07, 6.45) is -0.806. The Bertz CT molecular complexity index is 2010. The van der Waals surface area contributed by atoms with E-state index in [2.05, 4.69) is 0 Å². The second kappa shape index (κ2) is 16.7. The van der Waals surface area contributed by atoms with Crippen molar-refractivity contribution in [3.05, 3.63) is 126 Å². The molecule has 1 aliphatic heterocycles. The number of esters is 2. The largest absolute Gasteiger partial charge is 0.427 e. The van der Waals surface area contributed by atoms with Gasteiger partial charge in [0.15, 0.2) is 14.1 Å². The fourth-order valence-corrected chi connectivity index (χ4v) is 12.6. The highest BCUT2D eigenvalue weighted by Crippen LogP contribution is 2.50. The molecule has 1 fully saturated rings. The lowest BCUT2D eigenvalue weighted by molar-refractivity contribution is -0.171. The summed E-state index contributed by atoms with van der Waals surface area (Å²) in [5.74, 6) is -3.69. The van der Waals surface area contributed by atoms with Crippen molar-refractivity contribution in [2.24, 2.45) is 17.1 Å². The zero-order chi connectivity index (χ0) is 40.1. The molecule has 0 bridgehead atoms. The van der Waals surface area contributed by atoms with Gasteiger partial charge in [-0.05, 0) is 75.4 Å². The molecule has 1 aliphatic rings. The van der Waals surface area contributed by atoms with E-state index in [-0.39, 0.29) is 28.7 Å². The molecular formula is C43H49N2O8PSi. The number of carbonyl (C=O) groups excluding carboxylic acids is 5. The van der Waals surface area contributed by atoms with Gasteiger partial charge in [-0.1, -0.05) is 103 Å². The average molecular weight is 781 g/mol. The summed E-state index contributed by atoms with van der Waals surface area (Å²) in [6.45, 7) is 8.91. The van der Waals surface area contributed by atoms with Gasteiger partial charge >= 0.3 is 11.9 Å². The van der Waals surface area contributed by atoms with Crippen LogP contribution in [-0.2, 0) is 28.3 Å². The van der Waals surface area contributed by atoms with Gasteiger partial charge < -0.3 is 24.5 Å². The number of rotatable bonds is 14. The highest BCUT2D eigenvalue weighted by atomic mass is 31.2. The normalized spacial score (nSPS) is 16.4. The summed E-state index contributed by atoms with van der Waals surface area (Å²) >= 11 is 0. The Morgan fingerprint density at radius 1 is 0.764 bits per heavy atom. The Morgan fingerprint density at radius 3 is 1.71 bits per heavy atom. The van der Waals surface area contributed by atoms with Gasteiger partial charge in [-0.2, -0.15) is 0 Å². The van der Waals surface area contributed by atoms with E-state index >= 15 is 4.79 Å². The lowest BCUT2D eigenvalue weighted by Crippen LogP contribution is -2.69. The van der Waals surface area contributed by atoms with Crippen LogP contribution in [-0.4, -0.2) is 67.1 Å². The van der Waals surface area contributed by atoms with Crippen molar-refractivity contribution in [2.45, 2.75) is 65.9 Å². The Morgan fingerprint density at radius 2 is 1.25 bits per heavy atom. The first-order valence-corrected chi connectivity index (χ1v) is 23.4. The molecule has 288 valence electrons. The number of nitrogens with two attached hydrogens (primary N) is 1. The van der Waals surface area contributed by atoms with Crippen LogP contribution in [0.15, 0.2) is 115 Å². The number of hydrogen-bond acceptors (Lipinski definition) is 8. The quantitative estimate of drug-likeness (QED) is 0.0433. The van der Waals surface area contributed by atoms with Crippen LogP contribution in [0.2, 0.25) is 19.6 Å². The lowest BCUT2D eigenvalue weighted by atomic mass is 9.79. The number of ether oxygens (including phenoxy) is 2. The van der Waals surface area contributed by atoms with Crippen LogP contribution in [0.4, 0.5) is 0 Å². The summed E-state index contributed by atoms with van der Waals surface area (Å²) in [4.78, 5) is 70.5. The number of ketones is 1. The van der Waals surface area contributed by atoms with E-state index in [1.807, 2.05) is 118 Å². The van der Waals surface area contributed by atoms with E-state index in [0.717, 1.165) is 15.9 Å². The van der Waals surface area contributed by atoms with Gasteiger partial charge in [-0.25, -0.2) is 4.79 Å². The summed E-state index contributed by atoms with van der Waals surface area (Å²) in [5.41, 5.74) is 5.13. The van der Waals surface area contributed by atoms with Crippen molar-refractivity contribution < 1.29 is 37.9 Å². The topological polar surface area (TPSA) is 142 Å². The lowest BCUT2D eigenvalue weighted by Gasteiger charge is -2.52. The Hall–Kier alpha value is -5.09. The van der Waals surface area contributed by atoms with Crippen LogP contribution in [0.25, 0.3) is 0 Å². The van der Waals surface area contributed by atoms with Gasteiger partial charge in [0.05, 0.1) is 23.5 Å². The highest BCUT2D eigenvalue weighted by molar-refractivity contribution is 7.96. The van der Waals surface area contributed by atoms with E-state index in [4.69, 9.17) is 19.6 Å². The van der Waals surface area contributed by atoms with E-state index in [0.29, 0.717) is 0 Å². The van der Waals surface area contributed by atoms with Crippen molar-refractivity contribution in [3.8, 4) is 0 Å². The van der Waals surface area contributed by atoms with Crippen LogP contribution >= 0.6 is 6.89 Å². The number of primary amides is 1. The van der Waals surface area contributed by atoms with E-state index in [1.165, 1.54) is 17.0 Å². The Kier molecular flexibility index (Phi) is 12.5. The summed E-state index contributed by atoms with van der Waals surface area (Å²) < 4.78 is 17.7. The van der Waals surface area contributed by atoms with Gasteiger partial charge in [0.25, 0.3) is 0 Å². The number of likely N-dealkylation sites (tertiary alicyclic amines) is 1. The maximum Gasteiger partial charge on any atom is 0.358 e. The van der Waals surface area contributed by atoms with Gasteiger partial charge in [-0.3, -0.25) is 19.2 Å². The molecule has 0 aromatic heterocycles. The van der Waals surface area contributed by atoms with Crippen LogP contribution in [0.3, 0.4) is 0 Å². The second-order valence-electron chi connectivity index (χ2n) is 15.5. The third-order valence-corrected chi connectivity index (χ3v) is 14.7. The predicted molar refractivity (Wildman–Crippen MR) is 219 cm³/mol. The molecule has 0 saturated carbocycles. The van der Waals surface area contributed by atoms with Gasteiger partial charge in [0.2, 0.25) is 18.6 Å². The van der Waals surface area contributed by atoms with Crippen LogP contribution < -0.4 is 21.6 Å². The molecule has 2 amide bonds. The Labute approximate surface area is 324 Å². The van der Waals surface area contributed by atoms with E-state index in [9.17, 15) is 19.2 Å². The maximum absolute atomic E-state index is 15.1. The molecule has 0 radical (unpaired) electrons. The molecule has 1 saturated heterocycles. The summed E-state index contributed by atoms with van der Waals surface area (Å²) in [6, 6.07) is 33.7. The molecule has 12 heteroatoms. The number of Topliss-reactive ketones (excluding diaryl/α,β-unsaturated/α-hetero) is 1. The number of benzene rings is 4. The molecule has 0 aliphatic carbocycles. The van der Waals surface area contributed by atoms with Crippen molar-refractivity contribution in [3.63, 3.8) is 0 Å². The van der Waals surface area contributed by atoms with Crippen LogP contribution in [0, 0.1) is 11.3 Å². The number of β-lactam (4-membered cyclic amide) rings is 1. The van der Waals surface area contributed by atoms with Crippen LogP contribution in [0.1, 0.15) is 54.8 Å². The fraction of sp³-hybridized carbons (Fsp3) is 0.302. The summed E-state index contributed by atoms with van der Waals surface area (Å²) in [7, 11) is -2.21. The molecule has 55 heavy (non-hydrogen) atoms. The molecule has 0 unspecified atom stereocenters. The predicted octanol–water partition coefficient (Wildman–Crippen LogP) is 5.64. The third-order valence-electron chi connectivity index (χ3n) is 9.33. The van der Waals surface area contributed by atoms with Crippen molar-refractivity contribution in [2.75, 3.05) is 6.79 Å². The molecule has 10 nitrogen and oxygen atoms in total. The minimum absolute atomic E-state index is 0.0352. The van der Waals surface area contributed by atoms with Gasteiger partial charge in [-0.15, -0.1) is 0 Å².